The Morgan fingerprint density at radius 3 is 2.81 bits per heavy atom. The molecular formula is C16H19ClN4O3S3. The van der Waals surface area contributed by atoms with Gasteiger partial charge in [-0.3, -0.25) is 14.4 Å². The van der Waals surface area contributed by atoms with Crippen LogP contribution in [0.2, 0.25) is 5.02 Å². The molecule has 0 unspecified atom stereocenters. The second-order valence-corrected chi connectivity index (χ2v) is 9.97. The van der Waals surface area contributed by atoms with E-state index in [-0.39, 0.29) is 6.42 Å². The Kier molecular flexibility index (Phi) is 7.66. The lowest BCUT2D eigenvalue weighted by atomic mass is 10.2. The quantitative estimate of drug-likeness (QED) is 0.359. The molecule has 1 N–H and O–H groups in total. The zero-order valence-corrected chi connectivity index (χ0v) is 18.0. The van der Waals surface area contributed by atoms with Gasteiger partial charge in [0.2, 0.25) is 21.1 Å². The average molecular weight is 447 g/mol. The lowest BCUT2D eigenvalue weighted by Gasteiger charge is -2.29. The van der Waals surface area contributed by atoms with Crippen LogP contribution in [0.3, 0.4) is 0 Å². The maximum Gasteiger partial charge on any atom is 0.250 e. The zero-order chi connectivity index (χ0) is 20.0. The second kappa shape index (κ2) is 9.54. The fraction of sp³-hybridized carbons (Fsp3) is 0.312. The zero-order valence-electron chi connectivity index (χ0n) is 14.8. The smallest absolute Gasteiger partial charge is 0.250 e. The molecule has 0 saturated heterocycles. The van der Waals surface area contributed by atoms with E-state index in [0.717, 1.165) is 10.6 Å². The summed E-state index contributed by atoms with van der Waals surface area (Å²) >= 11 is 8.66. The van der Waals surface area contributed by atoms with E-state index in [2.05, 4.69) is 22.1 Å². The van der Waals surface area contributed by atoms with Gasteiger partial charge in [-0.25, -0.2) is 8.42 Å². The molecule has 0 bridgehead atoms. The van der Waals surface area contributed by atoms with E-state index in [0.29, 0.717) is 25.9 Å². The van der Waals surface area contributed by atoms with E-state index >= 15 is 0 Å². The van der Waals surface area contributed by atoms with E-state index in [1.807, 2.05) is 0 Å². The number of hydrogen-bond acceptors (Lipinski definition) is 7. The Morgan fingerprint density at radius 2 is 2.22 bits per heavy atom. The first-order valence-corrected chi connectivity index (χ1v) is 11.9. The fourth-order valence-electron chi connectivity index (χ4n) is 2.31. The highest BCUT2D eigenvalue weighted by Crippen LogP contribution is 2.28. The summed E-state index contributed by atoms with van der Waals surface area (Å²) in [7, 11) is -3.72. The van der Waals surface area contributed by atoms with Gasteiger partial charge in [-0.1, -0.05) is 53.8 Å². The molecule has 11 heteroatoms. The van der Waals surface area contributed by atoms with Gasteiger partial charge in [0.1, 0.15) is 6.04 Å². The summed E-state index contributed by atoms with van der Waals surface area (Å²) in [5, 5.41) is 11.2. The van der Waals surface area contributed by atoms with E-state index < -0.39 is 22.0 Å². The van der Waals surface area contributed by atoms with Crippen LogP contribution >= 0.6 is 34.7 Å². The normalized spacial score (nSPS) is 12.4. The molecule has 0 spiro atoms. The molecule has 0 aliphatic carbocycles. The summed E-state index contributed by atoms with van der Waals surface area (Å²) in [5.41, 5.74) is 0.325. The molecule has 27 heavy (non-hydrogen) atoms. The van der Waals surface area contributed by atoms with Crippen LogP contribution in [0.4, 0.5) is 10.8 Å². The Bertz CT molecular complexity index is 917. The van der Waals surface area contributed by atoms with Crippen molar-refractivity contribution in [3.8, 4) is 0 Å². The number of thioether (sulfide) groups is 1. The maximum absolute atomic E-state index is 12.8. The lowest BCUT2D eigenvalue weighted by molar-refractivity contribution is -0.117. The predicted octanol–water partition coefficient (Wildman–Crippen LogP) is 3.65. The van der Waals surface area contributed by atoms with Gasteiger partial charge in [0, 0.05) is 10.8 Å². The van der Waals surface area contributed by atoms with Crippen LogP contribution in [-0.4, -0.2) is 42.6 Å². The molecule has 0 radical (unpaired) electrons. The van der Waals surface area contributed by atoms with Crippen molar-refractivity contribution in [2.75, 3.05) is 21.6 Å². The van der Waals surface area contributed by atoms with Crippen LogP contribution in [0, 0.1) is 0 Å². The molecule has 0 aliphatic heterocycles. The molecule has 0 fully saturated rings. The number of carbonyl (C=O) groups is 1. The number of hydrogen-bond donors (Lipinski definition) is 1. The number of amides is 1. The number of nitrogens with zero attached hydrogens (tertiary/aromatic N) is 3. The van der Waals surface area contributed by atoms with Crippen LogP contribution < -0.4 is 9.62 Å². The third-order valence-electron chi connectivity index (χ3n) is 3.35. The molecule has 1 amide bonds. The highest BCUT2D eigenvalue weighted by atomic mass is 35.5. The Hall–Kier alpha value is -1.62. The van der Waals surface area contributed by atoms with Crippen molar-refractivity contribution in [2.45, 2.75) is 23.7 Å². The van der Waals surface area contributed by atoms with Crippen molar-refractivity contribution in [3.63, 3.8) is 0 Å². The van der Waals surface area contributed by atoms with Gasteiger partial charge in [0.25, 0.3) is 0 Å². The summed E-state index contributed by atoms with van der Waals surface area (Å²) in [6.07, 6.45) is 3.06. The van der Waals surface area contributed by atoms with E-state index in [4.69, 9.17) is 11.6 Å². The van der Waals surface area contributed by atoms with Crippen molar-refractivity contribution in [1.29, 1.82) is 0 Å². The van der Waals surface area contributed by atoms with Crippen LogP contribution in [0.1, 0.15) is 13.3 Å². The summed E-state index contributed by atoms with van der Waals surface area (Å²) in [5.74, 6) is 0.191. The fourth-order valence-corrected chi connectivity index (χ4v) is 5.22. The first-order chi connectivity index (χ1) is 12.8. The molecule has 1 aromatic carbocycles. The lowest BCUT2D eigenvalue weighted by Crippen LogP contribution is -2.47. The van der Waals surface area contributed by atoms with Gasteiger partial charge in [-0.2, -0.15) is 0 Å². The van der Waals surface area contributed by atoms with Crippen molar-refractivity contribution >= 4 is 61.4 Å². The van der Waals surface area contributed by atoms with Crippen molar-refractivity contribution < 1.29 is 13.2 Å². The summed E-state index contributed by atoms with van der Waals surface area (Å²) in [6, 6.07) is 5.42. The predicted molar refractivity (Wildman–Crippen MR) is 112 cm³/mol. The monoisotopic (exact) mass is 446 g/mol. The van der Waals surface area contributed by atoms with Gasteiger partial charge < -0.3 is 0 Å². The molecule has 0 aliphatic rings. The van der Waals surface area contributed by atoms with Gasteiger partial charge >= 0.3 is 0 Å². The minimum absolute atomic E-state index is 0.266. The first-order valence-electron chi connectivity index (χ1n) is 7.89. The Balaban J connectivity index is 2.26. The molecule has 1 aromatic heterocycles. The molecule has 1 atom stereocenters. The Morgan fingerprint density at radius 1 is 1.48 bits per heavy atom. The number of halogens is 1. The number of aromatic nitrogens is 2. The molecule has 2 aromatic rings. The second-order valence-electron chi connectivity index (χ2n) is 5.42. The summed E-state index contributed by atoms with van der Waals surface area (Å²) in [6.45, 7) is 5.37. The number of anilines is 2. The highest BCUT2D eigenvalue weighted by molar-refractivity contribution is 8.01. The number of nitrogens with one attached hydrogen (secondary N) is 1. The largest absolute Gasteiger partial charge is 0.299 e. The molecule has 7 nitrogen and oxygen atoms in total. The first kappa shape index (κ1) is 21.7. The SMILES string of the molecule is C=CCSc1nnc(NC(=O)[C@H](CC)N(c2cccc(Cl)c2)S(C)(=O)=O)s1. The standard InChI is InChI=1S/C16H19ClN4O3S3/c1-4-9-25-16-20-19-15(26-16)18-14(22)13(5-2)21(27(3,23)24)12-8-6-7-11(17)10-12/h4,6-8,10,13H,1,5,9H2,2-3H3,(H,18,19,22)/t13-/m0/s1. The average Bonchev–Trinajstić information content (AvgIpc) is 3.03. The molecule has 146 valence electrons. The molecule has 2 rings (SSSR count). The number of sulfonamides is 1. The minimum atomic E-state index is -3.72. The number of carbonyl (C=O) groups excluding carboxylic acids is 1. The summed E-state index contributed by atoms with van der Waals surface area (Å²) in [4.78, 5) is 12.8. The van der Waals surface area contributed by atoms with Crippen LogP contribution in [0.25, 0.3) is 0 Å². The van der Waals surface area contributed by atoms with E-state index in [1.165, 1.54) is 29.2 Å². The maximum atomic E-state index is 12.8. The van der Waals surface area contributed by atoms with Crippen molar-refractivity contribution in [3.05, 3.63) is 41.9 Å². The third-order valence-corrected chi connectivity index (χ3v) is 6.74. The topological polar surface area (TPSA) is 92.3 Å². The third kappa shape index (κ3) is 5.93. The highest BCUT2D eigenvalue weighted by Gasteiger charge is 2.32. The van der Waals surface area contributed by atoms with Crippen LogP contribution in [0.15, 0.2) is 41.3 Å². The van der Waals surface area contributed by atoms with Gasteiger partial charge in [0.15, 0.2) is 4.34 Å². The van der Waals surface area contributed by atoms with Crippen LogP contribution in [0.5, 0.6) is 0 Å². The number of benzene rings is 1. The van der Waals surface area contributed by atoms with Gasteiger partial charge in [0.05, 0.1) is 11.9 Å². The van der Waals surface area contributed by atoms with Crippen molar-refractivity contribution in [2.24, 2.45) is 0 Å². The summed E-state index contributed by atoms with van der Waals surface area (Å²) < 4.78 is 26.5. The van der Waals surface area contributed by atoms with Gasteiger partial charge in [-0.05, 0) is 24.6 Å². The number of rotatable bonds is 9. The minimum Gasteiger partial charge on any atom is -0.299 e. The molecule has 0 saturated carbocycles. The van der Waals surface area contributed by atoms with Gasteiger partial charge in [-0.15, -0.1) is 16.8 Å². The Labute approximate surface area is 171 Å². The van der Waals surface area contributed by atoms with E-state index in [1.54, 1.807) is 31.2 Å². The van der Waals surface area contributed by atoms with Crippen molar-refractivity contribution in [1.82, 2.24) is 10.2 Å². The molecular weight excluding hydrogens is 428 g/mol. The molecule has 1 heterocycles. The van der Waals surface area contributed by atoms with Crippen LogP contribution in [-0.2, 0) is 14.8 Å². The van der Waals surface area contributed by atoms with E-state index in [9.17, 15) is 13.2 Å².